The van der Waals surface area contributed by atoms with E-state index in [1.165, 1.54) is 36.4 Å². The lowest BCUT2D eigenvalue weighted by molar-refractivity contribution is -0.327. The molecule has 3 aromatic carbocycles. The maximum atomic E-state index is 14.8. The van der Waals surface area contributed by atoms with Crippen molar-refractivity contribution >= 4 is 11.9 Å². The third-order valence-corrected chi connectivity index (χ3v) is 5.69. The molecule has 1 aliphatic rings. The molecule has 0 N–H and O–H groups in total. The van der Waals surface area contributed by atoms with Crippen LogP contribution in [0.5, 0.6) is 0 Å². The smallest absolute Gasteiger partial charge is 0.185 e. The summed E-state index contributed by atoms with van der Waals surface area (Å²) >= 11 is 0. The number of aryl methyl sites for hydroxylation is 1. The maximum absolute atomic E-state index is 14.8. The van der Waals surface area contributed by atoms with Gasteiger partial charge in [0.1, 0.15) is 12.2 Å². The van der Waals surface area contributed by atoms with Gasteiger partial charge < -0.3 is 29.3 Å². The average molecular weight is 490 g/mol. The highest BCUT2D eigenvalue weighted by atomic mass is 19.2. The fraction of sp³-hybridized carbons (Fsp3) is 0.214. The Morgan fingerprint density at radius 2 is 1.44 bits per heavy atom. The Hall–Kier alpha value is -4.06. The molecule has 36 heavy (non-hydrogen) atoms. The van der Waals surface area contributed by atoms with Crippen molar-refractivity contribution in [2.24, 2.45) is 0 Å². The van der Waals surface area contributed by atoms with Crippen molar-refractivity contribution in [3.05, 3.63) is 94.6 Å². The molecule has 6 nitrogen and oxygen atoms in total. The average Bonchev–Trinajstić information content (AvgIpc) is 3.33. The molecule has 0 radical (unpaired) electrons. The number of rotatable bonds is 6. The third-order valence-electron chi connectivity index (χ3n) is 5.69. The number of aliphatic carboxylic acids is 2. The number of carbonyl (C=O) groups excluding carboxylic acids is 2. The molecular weight excluding hydrogens is 470 g/mol. The monoisotopic (exact) mass is 490 g/mol. The number of hydrogen-bond acceptors (Lipinski definition) is 6. The van der Waals surface area contributed by atoms with E-state index in [1.54, 1.807) is 12.1 Å². The van der Waals surface area contributed by atoms with E-state index in [1.807, 2.05) is 12.1 Å². The molecule has 0 aliphatic carbocycles. The van der Waals surface area contributed by atoms with Gasteiger partial charge >= 0.3 is 0 Å². The van der Waals surface area contributed by atoms with Crippen LogP contribution in [0.15, 0.2) is 60.7 Å². The first-order chi connectivity index (χ1) is 17.3. The van der Waals surface area contributed by atoms with Crippen molar-refractivity contribution in [3.8, 4) is 23.0 Å². The highest BCUT2D eigenvalue weighted by molar-refractivity contribution is 5.82. The van der Waals surface area contributed by atoms with Crippen LogP contribution in [0.1, 0.15) is 41.9 Å². The molecule has 0 spiro atoms. The Balaban J connectivity index is 1.50. The zero-order chi connectivity index (χ0) is 25.8. The second-order valence-corrected chi connectivity index (χ2v) is 8.19. The summed E-state index contributed by atoms with van der Waals surface area (Å²) in [4.78, 5) is 22.2. The molecule has 3 aromatic rings. The highest BCUT2D eigenvalue weighted by Crippen LogP contribution is 2.31. The summed E-state index contributed by atoms with van der Waals surface area (Å²) in [5.74, 6) is -0.161. The van der Waals surface area contributed by atoms with Crippen molar-refractivity contribution in [1.82, 2.24) is 0 Å². The molecule has 0 aromatic heterocycles. The summed E-state index contributed by atoms with van der Waals surface area (Å²) in [7, 11) is 0. The van der Waals surface area contributed by atoms with Gasteiger partial charge in [-0.05, 0) is 41.8 Å². The van der Waals surface area contributed by atoms with Crippen LogP contribution in [0.2, 0.25) is 0 Å². The summed E-state index contributed by atoms with van der Waals surface area (Å²) in [6, 6.07) is 16.2. The Kier molecular flexibility index (Phi) is 7.44. The molecule has 8 heteroatoms. The molecule has 1 saturated heterocycles. The van der Waals surface area contributed by atoms with Gasteiger partial charge in [0.15, 0.2) is 17.9 Å². The molecular formula is C28H20F2O6-2. The molecule has 0 saturated carbocycles. The van der Waals surface area contributed by atoms with Crippen LogP contribution in [-0.2, 0) is 25.5 Å². The van der Waals surface area contributed by atoms with Gasteiger partial charge in [0, 0.05) is 16.7 Å². The molecule has 1 aliphatic heterocycles. The van der Waals surface area contributed by atoms with Crippen LogP contribution in [0.4, 0.5) is 8.78 Å². The zero-order valence-corrected chi connectivity index (χ0v) is 19.1. The topological polar surface area (TPSA) is 98.7 Å². The number of halogens is 2. The summed E-state index contributed by atoms with van der Waals surface area (Å²) in [6.07, 6.45) is -2.97. The molecule has 2 atom stereocenters. The van der Waals surface area contributed by atoms with E-state index in [0.717, 1.165) is 18.4 Å². The SMILES string of the molecule is CCCc1ccc(-c2ccc(C#Cc3ccc(C4O[C@@H](C(=O)[O-])[C@H](C(=O)[O-])O4)cc3)c(F)c2F)cc1. The minimum Gasteiger partial charge on any atom is -0.547 e. The lowest BCUT2D eigenvalue weighted by Gasteiger charge is -2.17. The minimum atomic E-state index is -1.81. The summed E-state index contributed by atoms with van der Waals surface area (Å²) in [5.41, 5.74) is 2.51. The van der Waals surface area contributed by atoms with Crippen LogP contribution in [0.3, 0.4) is 0 Å². The number of carboxylic acid groups (broad SMARTS) is 2. The van der Waals surface area contributed by atoms with Gasteiger partial charge in [-0.2, -0.15) is 0 Å². The first-order valence-electron chi connectivity index (χ1n) is 11.2. The number of carboxylic acids is 2. The Bertz CT molecular complexity index is 1320. The third kappa shape index (κ3) is 5.28. The number of hydrogen-bond donors (Lipinski definition) is 0. The van der Waals surface area contributed by atoms with Gasteiger partial charge in [-0.3, -0.25) is 0 Å². The van der Waals surface area contributed by atoms with Crippen molar-refractivity contribution < 1.29 is 38.1 Å². The Morgan fingerprint density at radius 1 is 0.833 bits per heavy atom. The predicted octanol–water partition coefficient (Wildman–Crippen LogP) is 2.27. The molecule has 0 unspecified atom stereocenters. The van der Waals surface area contributed by atoms with Gasteiger partial charge in [-0.15, -0.1) is 0 Å². The van der Waals surface area contributed by atoms with Crippen molar-refractivity contribution in [1.29, 1.82) is 0 Å². The summed E-state index contributed by atoms with van der Waals surface area (Å²) in [6.45, 7) is 2.07. The van der Waals surface area contributed by atoms with Crippen molar-refractivity contribution in [2.75, 3.05) is 0 Å². The first kappa shape index (κ1) is 25.0. The first-order valence-corrected chi connectivity index (χ1v) is 11.2. The van der Waals surface area contributed by atoms with Crippen LogP contribution in [-0.4, -0.2) is 24.1 Å². The predicted molar refractivity (Wildman–Crippen MR) is 121 cm³/mol. The summed E-state index contributed by atoms with van der Waals surface area (Å²) < 4.78 is 39.7. The van der Waals surface area contributed by atoms with Gasteiger partial charge in [-0.1, -0.05) is 61.6 Å². The molecule has 184 valence electrons. The van der Waals surface area contributed by atoms with Crippen LogP contribution in [0.25, 0.3) is 11.1 Å². The number of benzene rings is 3. The molecule has 4 rings (SSSR count). The maximum Gasteiger partial charge on any atom is 0.185 e. The molecule has 1 heterocycles. The summed E-state index contributed by atoms with van der Waals surface area (Å²) in [5, 5.41) is 22.2. The van der Waals surface area contributed by atoms with Gasteiger partial charge in [0.25, 0.3) is 0 Å². The fourth-order valence-corrected chi connectivity index (χ4v) is 3.83. The minimum absolute atomic E-state index is 0.112. The Morgan fingerprint density at radius 3 is 2.00 bits per heavy atom. The fourth-order valence-electron chi connectivity index (χ4n) is 3.83. The standard InChI is InChI=1S/C28H22F2O6/c1-2-3-16-4-9-18(10-5-16)21-15-14-19(22(29)23(21)30)11-6-17-7-12-20(13-8-17)28-35-24(26(31)32)25(36-28)27(33)34/h4-5,7-10,12-15,24-25,28H,2-3H2,1H3,(H,31,32)(H,33,34)/p-2/t24-,25-/m1/s1. The normalized spacial score (nSPS) is 17.4. The van der Waals surface area contributed by atoms with Gasteiger partial charge in [0.05, 0.1) is 17.5 Å². The van der Waals surface area contributed by atoms with E-state index in [0.29, 0.717) is 16.7 Å². The lowest BCUT2D eigenvalue weighted by atomic mass is 10.00. The second kappa shape index (κ2) is 10.7. The van der Waals surface area contributed by atoms with Gasteiger partial charge in [-0.25, -0.2) is 8.78 Å². The van der Waals surface area contributed by atoms with E-state index < -0.39 is 42.1 Å². The van der Waals surface area contributed by atoms with E-state index in [2.05, 4.69) is 18.8 Å². The quantitative estimate of drug-likeness (QED) is 0.492. The molecule has 1 fully saturated rings. The van der Waals surface area contributed by atoms with Gasteiger partial charge in [0.2, 0.25) is 0 Å². The number of ether oxygens (including phenoxy) is 2. The molecule has 0 bridgehead atoms. The second-order valence-electron chi connectivity index (χ2n) is 8.19. The van der Waals surface area contributed by atoms with Crippen LogP contribution >= 0.6 is 0 Å². The lowest BCUT2D eigenvalue weighted by Crippen LogP contribution is -2.49. The van der Waals surface area contributed by atoms with E-state index >= 15 is 0 Å². The van der Waals surface area contributed by atoms with E-state index in [4.69, 9.17) is 9.47 Å². The largest absolute Gasteiger partial charge is 0.547 e. The molecule has 0 amide bonds. The Labute approximate surface area is 206 Å². The van der Waals surface area contributed by atoms with Crippen LogP contribution < -0.4 is 10.2 Å². The highest BCUT2D eigenvalue weighted by Gasteiger charge is 2.38. The zero-order valence-electron chi connectivity index (χ0n) is 19.1. The van der Waals surface area contributed by atoms with Crippen molar-refractivity contribution in [2.45, 2.75) is 38.3 Å². The van der Waals surface area contributed by atoms with Crippen molar-refractivity contribution in [3.63, 3.8) is 0 Å². The van der Waals surface area contributed by atoms with E-state index in [9.17, 15) is 28.6 Å². The van der Waals surface area contributed by atoms with Crippen LogP contribution in [0, 0.1) is 23.5 Å². The van der Waals surface area contributed by atoms with E-state index in [-0.39, 0.29) is 11.1 Å². The number of carbonyl (C=O) groups is 2.